The van der Waals surface area contributed by atoms with Gasteiger partial charge in [-0.05, 0) is 18.6 Å². The van der Waals surface area contributed by atoms with Gasteiger partial charge in [-0.15, -0.1) is 0 Å². The highest BCUT2D eigenvalue weighted by molar-refractivity contribution is 5.54. The summed E-state index contributed by atoms with van der Waals surface area (Å²) in [7, 11) is 0. The molecule has 0 aromatic heterocycles. The van der Waals surface area contributed by atoms with Crippen LogP contribution in [0.2, 0.25) is 0 Å². The summed E-state index contributed by atoms with van der Waals surface area (Å²) in [6.45, 7) is 1.55. The number of nitro benzene ring substituents is 1. The summed E-state index contributed by atoms with van der Waals surface area (Å²) in [6, 6.07) is 3.55. The van der Waals surface area contributed by atoms with Gasteiger partial charge in [0.15, 0.2) is 0 Å². The molecular weight excluding hydrogens is 201 g/mol. The molecule has 0 heterocycles. The van der Waals surface area contributed by atoms with Gasteiger partial charge in [0, 0.05) is 6.07 Å². The maximum absolute atomic E-state index is 12.9. The van der Waals surface area contributed by atoms with Crippen molar-refractivity contribution in [2.24, 2.45) is 0 Å². The van der Waals surface area contributed by atoms with Crippen molar-refractivity contribution in [3.8, 4) is 0 Å². The summed E-state index contributed by atoms with van der Waals surface area (Å²) in [4.78, 5) is 9.62. The monoisotopic (exact) mass is 211 g/mol. The van der Waals surface area contributed by atoms with Crippen molar-refractivity contribution in [3.05, 3.63) is 45.8 Å². The van der Waals surface area contributed by atoms with Crippen molar-refractivity contribution in [3.63, 3.8) is 0 Å². The standard InChI is InChI=1S/C10H10FNO3/c1-7(13)2-3-8-4-5-9(11)10(6-8)12(14)15/h2-7,13H,1H3/b3-2+. The Balaban J connectivity index is 3.03. The molecule has 1 atom stereocenters. The van der Waals surface area contributed by atoms with Crippen LogP contribution in [-0.4, -0.2) is 16.1 Å². The highest BCUT2D eigenvalue weighted by atomic mass is 19.1. The lowest BCUT2D eigenvalue weighted by atomic mass is 10.1. The van der Waals surface area contributed by atoms with Crippen LogP contribution in [0.1, 0.15) is 12.5 Å². The van der Waals surface area contributed by atoms with Gasteiger partial charge in [-0.3, -0.25) is 10.1 Å². The van der Waals surface area contributed by atoms with E-state index in [2.05, 4.69) is 0 Å². The molecule has 0 aliphatic carbocycles. The first kappa shape index (κ1) is 11.3. The molecule has 0 spiro atoms. The Kier molecular flexibility index (Phi) is 3.51. The first-order chi connectivity index (χ1) is 7.00. The number of nitrogens with zero attached hydrogens (tertiary/aromatic N) is 1. The minimum atomic E-state index is -0.866. The minimum Gasteiger partial charge on any atom is -0.389 e. The van der Waals surface area contributed by atoms with Gasteiger partial charge in [0.05, 0.1) is 11.0 Å². The molecule has 1 aromatic rings. The largest absolute Gasteiger partial charge is 0.389 e. The van der Waals surface area contributed by atoms with E-state index in [1.54, 1.807) is 6.92 Å². The van der Waals surface area contributed by atoms with E-state index in [-0.39, 0.29) is 0 Å². The molecule has 0 saturated heterocycles. The highest BCUT2D eigenvalue weighted by Gasteiger charge is 2.13. The fourth-order valence-corrected chi connectivity index (χ4v) is 1.02. The summed E-state index contributed by atoms with van der Waals surface area (Å²) in [5.41, 5.74) is -0.0910. The van der Waals surface area contributed by atoms with E-state index in [9.17, 15) is 14.5 Å². The van der Waals surface area contributed by atoms with Crippen LogP contribution in [0.25, 0.3) is 6.08 Å². The van der Waals surface area contributed by atoms with Crippen molar-refractivity contribution in [2.75, 3.05) is 0 Å². The van der Waals surface area contributed by atoms with Crippen molar-refractivity contribution in [1.29, 1.82) is 0 Å². The van der Waals surface area contributed by atoms with Crippen LogP contribution in [0.4, 0.5) is 10.1 Å². The van der Waals surface area contributed by atoms with E-state index in [0.29, 0.717) is 5.56 Å². The number of aliphatic hydroxyl groups excluding tert-OH is 1. The Labute approximate surface area is 85.8 Å². The van der Waals surface area contributed by atoms with E-state index in [1.807, 2.05) is 0 Å². The summed E-state index contributed by atoms with van der Waals surface area (Å²) < 4.78 is 12.9. The van der Waals surface area contributed by atoms with Crippen LogP contribution in [0.15, 0.2) is 24.3 Å². The normalized spacial score (nSPS) is 13.0. The molecule has 1 rings (SSSR count). The van der Waals surface area contributed by atoms with Gasteiger partial charge >= 0.3 is 5.69 Å². The van der Waals surface area contributed by atoms with Crippen LogP contribution < -0.4 is 0 Å². The second-order valence-corrected chi connectivity index (χ2v) is 3.07. The molecule has 0 saturated carbocycles. The molecule has 0 fully saturated rings. The average molecular weight is 211 g/mol. The maximum Gasteiger partial charge on any atom is 0.305 e. The fourth-order valence-electron chi connectivity index (χ4n) is 1.02. The van der Waals surface area contributed by atoms with Gasteiger partial charge in [0.1, 0.15) is 0 Å². The summed E-state index contributed by atoms with van der Waals surface area (Å²) in [5.74, 6) is -0.866. The van der Waals surface area contributed by atoms with E-state index >= 15 is 0 Å². The molecule has 1 aromatic carbocycles. The second-order valence-electron chi connectivity index (χ2n) is 3.07. The third-order valence-electron chi connectivity index (χ3n) is 1.73. The number of aliphatic hydroxyl groups is 1. The second kappa shape index (κ2) is 4.65. The SMILES string of the molecule is CC(O)/C=C/c1ccc(F)c([N+](=O)[O-])c1. The lowest BCUT2D eigenvalue weighted by Gasteiger charge is -1.97. The Morgan fingerprint density at radius 2 is 2.27 bits per heavy atom. The first-order valence-corrected chi connectivity index (χ1v) is 4.31. The molecule has 4 nitrogen and oxygen atoms in total. The van der Waals surface area contributed by atoms with Gasteiger partial charge < -0.3 is 5.11 Å². The van der Waals surface area contributed by atoms with Crippen LogP contribution in [-0.2, 0) is 0 Å². The number of nitro groups is 1. The summed E-state index contributed by atoms with van der Waals surface area (Å²) in [5, 5.41) is 19.4. The molecule has 0 bridgehead atoms. The molecular formula is C10H10FNO3. The molecule has 0 aliphatic rings. The number of rotatable bonds is 3. The van der Waals surface area contributed by atoms with Crippen molar-refractivity contribution >= 4 is 11.8 Å². The minimum absolute atomic E-state index is 0.476. The van der Waals surface area contributed by atoms with Crippen molar-refractivity contribution in [2.45, 2.75) is 13.0 Å². The molecule has 0 radical (unpaired) electrons. The van der Waals surface area contributed by atoms with Crippen LogP contribution in [0.3, 0.4) is 0 Å². The van der Waals surface area contributed by atoms with Gasteiger partial charge in [-0.25, -0.2) is 0 Å². The topological polar surface area (TPSA) is 63.4 Å². The fraction of sp³-hybridized carbons (Fsp3) is 0.200. The van der Waals surface area contributed by atoms with Crippen LogP contribution >= 0.6 is 0 Å². The van der Waals surface area contributed by atoms with Gasteiger partial charge in [-0.2, -0.15) is 4.39 Å². The number of hydrogen-bond donors (Lipinski definition) is 1. The predicted octanol–water partition coefficient (Wildman–Crippen LogP) is 2.13. The zero-order valence-electron chi connectivity index (χ0n) is 8.05. The third-order valence-corrected chi connectivity index (χ3v) is 1.73. The molecule has 1 unspecified atom stereocenters. The van der Waals surface area contributed by atoms with Crippen LogP contribution in [0.5, 0.6) is 0 Å². The smallest absolute Gasteiger partial charge is 0.305 e. The molecule has 0 aliphatic heterocycles. The maximum atomic E-state index is 12.9. The Hall–Kier alpha value is -1.75. The van der Waals surface area contributed by atoms with Gasteiger partial charge in [0.25, 0.3) is 0 Å². The van der Waals surface area contributed by atoms with Gasteiger partial charge in [0.2, 0.25) is 5.82 Å². The molecule has 80 valence electrons. The Bertz CT molecular complexity index is 402. The summed E-state index contributed by atoms with van der Waals surface area (Å²) in [6.07, 6.45) is 2.31. The molecule has 1 N–H and O–H groups in total. The zero-order valence-corrected chi connectivity index (χ0v) is 8.05. The molecule has 15 heavy (non-hydrogen) atoms. The Morgan fingerprint density at radius 1 is 1.60 bits per heavy atom. The van der Waals surface area contributed by atoms with E-state index in [4.69, 9.17) is 5.11 Å². The lowest BCUT2D eigenvalue weighted by molar-refractivity contribution is -0.387. The number of benzene rings is 1. The third kappa shape index (κ3) is 3.14. The van der Waals surface area contributed by atoms with E-state index in [0.717, 1.165) is 12.1 Å². The van der Waals surface area contributed by atoms with Gasteiger partial charge in [-0.1, -0.05) is 18.2 Å². The molecule has 0 amide bonds. The van der Waals surface area contributed by atoms with E-state index < -0.39 is 22.5 Å². The summed E-state index contributed by atoms with van der Waals surface area (Å²) >= 11 is 0. The van der Waals surface area contributed by atoms with Crippen molar-refractivity contribution in [1.82, 2.24) is 0 Å². The predicted molar refractivity (Wildman–Crippen MR) is 53.8 cm³/mol. The van der Waals surface area contributed by atoms with E-state index in [1.165, 1.54) is 18.2 Å². The highest BCUT2D eigenvalue weighted by Crippen LogP contribution is 2.19. The van der Waals surface area contributed by atoms with Crippen LogP contribution in [0, 0.1) is 15.9 Å². The Morgan fingerprint density at radius 3 is 2.80 bits per heavy atom. The number of halogens is 1. The average Bonchev–Trinajstić information content (AvgIpc) is 2.16. The molecule has 5 heteroatoms. The zero-order chi connectivity index (χ0) is 11.4. The lowest BCUT2D eigenvalue weighted by Crippen LogP contribution is -1.94. The quantitative estimate of drug-likeness (QED) is 0.615. The first-order valence-electron chi connectivity index (χ1n) is 4.31. The van der Waals surface area contributed by atoms with Crippen molar-refractivity contribution < 1.29 is 14.4 Å². The number of hydrogen-bond acceptors (Lipinski definition) is 3.